The average molecular weight is 425 g/mol. The monoisotopic (exact) mass is 424 g/mol. The van der Waals surface area contributed by atoms with E-state index in [1.54, 1.807) is 11.0 Å². The van der Waals surface area contributed by atoms with Crippen molar-refractivity contribution in [1.29, 1.82) is 0 Å². The summed E-state index contributed by atoms with van der Waals surface area (Å²) in [6.07, 6.45) is 3.17. The van der Waals surface area contributed by atoms with Crippen molar-refractivity contribution in [1.82, 2.24) is 4.90 Å². The third kappa shape index (κ3) is 4.89. The van der Waals surface area contributed by atoms with Gasteiger partial charge in [0.05, 0.1) is 0 Å². The van der Waals surface area contributed by atoms with E-state index >= 15 is 0 Å². The lowest BCUT2D eigenvalue weighted by Gasteiger charge is -2.46. The molecule has 1 aromatic rings. The molecule has 1 aromatic carbocycles. The molecule has 5 nitrogen and oxygen atoms in total. The van der Waals surface area contributed by atoms with Gasteiger partial charge in [-0.2, -0.15) is 5.14 Å². The fraction of sp³-hybridized carbons (Fsp3) is 0.682. The molecule has 0 aromatic heterocycles. The maximum atomic E-state index is 14.4. The molecule has 1 saturated heterocycles. The Morgan fingerprint density at radius 3 is 2.62 bits per heavy atom. The summed E-state index contributed by atoms with van der Waals surface area (Å²) in [4.78, 5) is 14.7. The second kappa shape index (κ2) is 7.75. The summed E-state index contributed by atoms with van der Waals surface area (Å²) in [5.41, 5.74) is 1.20. The van der Waals surface area contributed by atoms with Gasteiger partial charge >= 0.3 is 6.09 Å². The standard InChI is InChI=1S/C22H33FN2O3S/c1-20(2,3)28-19(26)25-10-9-22(13-16(25)12-21(4,5)29(24)27)11-15-7-6-8-18(23)17(15)14-22/h6-8,16H,9-14,24H2,1-5H3. The number of rotatable bonds is 3. The number of benzene rings is 1. The zero-order valence-electron chi connectivity index (χ0n) is 18.1. The first-order valence-electron chi connectivity index (χ1n) is 10.2. The predicted molar refractivity (Wildman–Crippen MR) is 113 cm³/mol. The van der Waals surface area contributed by atoms with Crippen molar-refractivity contribution in [3.8, 4) is 0 Å². The number of hydrogen-bond acceptors (Lipinski definition) is 4. The maximum absolute atomic E-state index is 14.4. The molecule has 0 saturated carbocycles. The van der Waals surface area contributed by atoms with Crippen LogP contribution in [-0.4, -0.2) is 38.5 Å². The molecule has 1 spiro atoms. The maximum Gasteiger partial charge on any atom is 0.410 e. The van der Waals surface area contributed by atoms with E-state index in [1.165, 1.54) is 6.07 Å². The molecular formula is C22H33FN2O3S. The van der Waals surface area contributed by atoms with Crippen LogP contribution in [0.4, 0.5) is 9.18 Å². The first-order valence-corrected chi connectivity index (χ1v) is 11.5. The van der Waals surface area contributed by atoms with Crippen molar-refractivity contribution >= 4 is 17.5 Å². The summed E-state index contributed by atoms with van der Waals surface area (Å²) in [5, 5.41) is 5.73. The number of carbonyl (C=O) groups is 1. The predicted octanol–water partition coefficient (Wildman–Crippen LogP) is 4.10. The zero-order valence-corrected chi connectivity index (χ0v) is 18.9. The summed E-state index contributed by atoms with van der Waals surface area (Å²) >= 11 is -1.52. The topological polar surface area (TPSA) is 78.6 Å². The van der Waals surface area contributed by atoms with Crippen LogP contribution in [0.3, 0.4) is 0 Å². The Bertz CT molecular complexity index is 778. The van der Waals surface area contributed by atoms with Crippen LogP contribution in [-0.2, 0) is 28.9 Å². The Labute approximate surface area is 176 Å². The minimum absolute atomic E-state index is 0.0835. The van der Waals surface area contributed by atoms with E-state index in [2.05, 4.69) is 0 Å². The van der Waals surface area contributed by atoms with Crippen molar-refractivity contribution < 1.29 is 18.5 Å². The highest BCUT2D eigenvalue weighted by Crippen LogP contribution is 2.48. The van der Waals surface area contributed by atoms with Gasteiger partial charge in [-0.3, -0.25) is 0 Å². The minimum Gasteiger partial charge on any atom is -0.598 e. The highest BCUT2D eigenvalue weighted by Gasteiger charge is 2.48. The molecule has 2 N–H and O–H groups in total. The van der Waals surface area contributed by atoms with E-state index in [9.17, 15) is 13.7 Å². The first kappa shape index (κ1) is 22.4. The van der Waals surface area contributed by atoms with E-state index in [1.807, 2.05) is 40.7 Å². The molecule has 1 fully saturated rings. The molecule has 2 aliphatic rings. The normalized spacial score (nSPS) is 25.8. The average Bonchev–Trinajstić information content (AvgIpc) is 2.92. The molecule has 3 unspecified atom stereocenters. The number of hydrogen-bond donors (Lipinski definition) is 1. The third-order valence-electron chi connectivity index (χ3n) is 6.23. The van der Waals surface area contributed by atoms with Crippen LogP contribution in [0, 0.1) is 11.2 Å². The number of ether oxygens (including phenoxy) is 1. The lowest BCUT2D eigenvalue weighted by atomic mass is 9.71. The van der Waals surface area contributed by atoms with Crippen LogP contribution in [0.2, 0.25) is 0 Å². The molecule has 162 valence electrons. The van der Waals surface area contributed by atoms with Gasteiger partial charge in [-0.05, 0) is 82.9 Å². The van der Waals surface area contributed by atoms with Crippen molar-refractivity contribution in [3.05, 3.63) is 35.1 Å². The largest absolute Gasteiger partial charge is 0.598 e. The molecule has 1 aliphatic heterocycles. The Balaban J connectivity index is 1.85. The lowest BCUT2D eigenvalue weighted by molar-refractivity contribution is -0.0101. The smallest absolute Gasteiger partial charge is 0.410 e. The number of piperidine rings is 1. The summed E-state index contributed by atoms with van der Waals surface area (Å²) < 4.78 is 31.4. The van der Waals surface area contributed by atoms with E-state index in [4.69, 9.17) is 9.88 Å². The van der Waals surface area contributed by atoms with Gasteiger partial charge in [0, 0.05) is 30.4 Å². The molecule has 3 atom stereocenters. The van der Waals surface area contributed by atoms with Crippen molar-refractivity contribution in [2.45, 2.75) is 83.1 Å². The Kier molecular flexibility index (Phi) is 5.98. The number of halogens is 1. The van der Waals surface area contributed by atoms with Gasteiger partial charge in [-0.15, -0.1) is 0 Å². The fourth-order valence-electron chi connectivity index (χ4n) is 4.77. The van der Waals surface area contributed by atoms with Crippen LogP contribution in [0.15, 0.2) is 18.2 Å². The van der Waals surface area contributed by atoms with Crippen molar-refractivity contribution in [3.63, 3.8) is 0 Å². The molecule has 0 bridgehead atoms. The van der Waals surface area contributed by atoms with Gasteiger partial charge in [0.25, 0.3) is 0 Å². The number of nitrogens with zero attached hydrogens (tertiary/aromatic N) is 1. The Morgan fingerprint density at radius 1 is 1.34 bits per heavy atom. The summed E-state index contributed by atoms with van der Waals surface area (Å²) in [5.74, 6) is -0.145. The second-order valence-corrected chi connectivity index (χ2v) is 12.0. The van der Waals surface area contributed by atoms with E-state index < -0.39 is 21.7 Å². The molecule has 29 heavy (non-hydrogen) atoms. The van der Waals surface area contributed by atoms with Gasteiger partial charge in [0.1, 0.15) is 16.2 Å². The van der Waals surface area contributed by atoms with E-state index in [-0.39, 0.29) is 23.4 Å². The Morgan fingerprint density at radius 2 is 2.03 bits per heavy atom. The summed E-state index contributed by atoms with van der Waals surface area (Å²) in [7, 11) is 0. The van der Waals surface area contributed by atoms with Crippen molar-refractivity contribution in [2.24, 2.45) is 10.6 Å². The number of likely N-dealkylation sites (tertiary alicyclic amines) is 1. The molecule has 1 aliphatic carbocycles. The van der Waals surface area contributed by atoms with Crippen LogP contribution in [0.5, 0.6) is 0 Å². The second-order valence-electron chi connectivity index (χ2n) is 10.3. The molecule has 0 radical (unpaired) electrons. The van der Waals surface area contributed by atoms with Crippen LogP contribution in [0.1, 0.15) is 65.0 Å². The highest BCUT2D eigenvalue weighted by molar-refractivity contribution is 7.90. The van der Waals surface area contributed by atoms with E-state index in [0.717, 1.165) is 30.4 Å². The van der Waals surface area contributed by atoms with Gasteiger partial charge in [-0.1, -0.05) is 12.1 Å². The molecular weight excluding hydrogens is 391 g/mol. The third-order valence-corrected chi connectivity index (χ3v) is 7.48. The van der Waals surface area contributed by atoms with Crippen LogP contribution in [0.25, 0.3) is 0 Å². The van der Waals surface area contributed by atoms with Gasteiger partial charge < -0.3 is 14.2 Å². The molecule has 3 rings (SSSR count). The quantitative estimate of drug-likeness (QED) is 0.741. The lowest BCUT2D eigenvalue weighted by Crippen LogP contribution is -2.54. The first-order chi connectivity index (χ1) is 13.3. The number of nitrogens with two attached hydrogens (primary N) is 1. The number of amides is 1. The number of carbonyl (C=O) groups excluding carboxylic acids is 1. The Hall–Kier alpha value is -1.31. The van der Waals surface area contributed by atoms with Gasteiger partial charge in [0.2, 0.25) is 0 Å². The van der Waals surface area contributed by atoms with Gasteiger partial charge in [-0.25, -0.2) is 9.18 Å². The fourth-order valence-corrected chi connectivity index (χ4v) is 5.13. The minimum atomic E-state index is -1.52. The molecule has 7 heteroatoms. The van der Waals surface area contributed by atoms with Gasteiger partial charge in [0.15, 0.2) is 0 Å². The summed E-state index contributed by atoms with van der Waals surface area (Å²) in [6, 6.07) is 5.13. The van der Waals surface area contributed by atoms with Crippen molar-refractivity contribution in [2.75, 3.05) is 6.54 Å². The highest BCUT2D eigenvalue weighted by atomic mass is 32.2. The molecule has 1 amide bonds. The van der Waals surface area contributed by atoms with Crippen LogP contribution >= 0.6 is 0 Å². The summed E-state index contributed by atoms with van der Waals surface area (Å²) in [6.45, 7) is 9.81. The number of fused-ring (bicyclic) bond motifs is 1. The van der Waals surface area contributed by atoms with Crippen LogP contribution < -0.4 is 5.14 Å². The zero-order chi connectivity index (χ0) is 21.6. The SMILES string of the molecule is CC(C)(C)OC(=O)N1CCC2(Cc3cccc(F)c3C2)CC1CC(C)(C)[S+](N)[O-]. The molecule has 1 heterocycles. The van der Waals surface area contributed by atoms with E-state index in [0.29, 0.717) is 19.4 Å².